The number of nitrogens with one attached hydrogen (secondary N) is 1. The van der Waals surface area contributed by atoms with Crippen LogP contribution in [-0.2, 0) is 9.59 Å². The van der Waals surface area contributed by atoms with Crippen LogP contribution in [0.3, 0.4) is 0 Å². The van der Waals surface area contributed by atoms with Crippen molar-refractivity contribution in [1.29, 1.82) is 0 Å². The molecule has 1 aromatic rings. The van der Waals surface area contributed by atoms with E-state index in [1.54, 1.807) is 18.2 Å². The number of hydrogen-bond acceptors (Lipinski definition) is 2. The normalized spacial score (nSPS) is 25.4. The highest BCUT2D eigenvalue weighted by atomic mass is 79.9. The number of amides is 1. The first kappa shape index (κ1) is 15.3. The monoisotopic (exact) mass is 359 g/mol. The maximum absolute atomic E-state index is 12.3. The molecular weight excluding hydrogens is 346 g/mol. The molecule has 1 aliphatic carbocycles. The summed E-state index contributed by atoms with van der Waals surface area (Å²) in [6.07, 6.45) is 1.14. The van der Waals surface area contributed by atoms with Crippen molar-refractivity contribution in [3.8, 4) is 0 Å². The van der Waals surface area contributed by atoms with Crippen LogP contribution in [-0.4, -0.2) is 17.0 Å². The smallest absolute Gasteiger partial charge is 0.307 e. The molecule has 1 amide bonds. The molecule has 108 valence electrons. The van der Waals surface area contributed by atoms with Crippen LogP contribution < -0.4 is 5.32 Å². The van der Waals surface area contributed by atoms with E-state index in [1.807, 2.05) is 6.92 Å². The Bertz CT molecular complexity index is 549. The quantitative estimate of drug-likeness (QED) is 0.862. The van der Waals surface area contributed by atoms with Crippen LogP contribution in [0.4, 0.5) is 5.69 Å². The SMILES string of the molecule is CC1CC(C(=O)O)C(C(=O)Nc2ccc(Br)cc2Cl)C1. The molecule has 1 aliphatic rings. The Labute approximate surface area is 130 Å². The summed E-state index contributed by atoms with van der Waals surface area (Å²) in [5, 5.41) is 12.3. The van der Waals surface area contributed by atoms with Crippen LogP contribution in [0.5, 0.6) is 0 Å². The van der Waals surface area contributed by atoms with Crippen molar-refractivity contribution in [3.05, 3.63) is 27.7 Å². The molecule has 3 atom stereocenters. The largest absolute Gasteiger partial charge is 0.481 e. The summed E-state index contributed by atoms with van der Waals surface area (Å²) < 4.78 is 0.818. The van der Waals surface area contributed by atoms with Crippen molar-refractivity contribution in [2.75, 3.05) is 5.32 Å². The molecule has 6 heteroatoms. The van der Waals surface area contributed by atoms with Gasteiger partial charge in [0.1, 0.15) is 0 Å². The molecule has 4 nitrogen and oxygen atoms in total. The van der Waals surface area contributed by atoms with Gasteiger partial charge in [-0.25, -0.2) is 0 Å². The number of carbonyl (C=O) groups excluding carboxylic acids is 1. The van der Waals surface area contributed by atoms with E-state index in [0.717, 1.165) is 4.47 Å². The number of anilines is 1. The van der Waals surface area contributed by atoms with Crippen molar-refractivity contribution in [2.24, 2.45) is 17.8 Å². The lowest BCUT2D eigenvalue weighted by Gasteiger charge is -2.16. The third-order valence-electron chi connectivity index (χ3n) is 3.64. The van der Waals surface area contributed by atoms with E-state index in [4.69, 9.17) is 11.6 Å². The average Bonchev–Trinajstić information content (AvgIpc) is 2.75. The molecule has 1 aromatic carbocycles. The van der Waals surface area contributed by atoms with Gasteiger partial charge >= 0.3 is 5.97 Å². The summed E-state index contributed by atoms with van der Waals surface area (Å²) in [4.78, 5) is 23.5. The zero-order chi connectivity index (χ0) is 14.9. The molecule has 2 rings (SSSR count). The van der Waals surface area contributed by atoms with E-state index in [9.17, 15) is 14.7 Å². The average molecular weight is 361 g/mol. The number of benzene rings is 1. The lowest BCUT2D eigenvalue weighted by molar-refractivity contribution is -0.145. The van der Waals surface area contributed by atoms with E-state index < -0.39 is 17.8 Å². The third kappa shape index (κ3) is 3.33. The highest BCUT2D eigenvalue weighted by Crippen LogP contribution is 2.37. The number of halogens is 2. The van der Waals surface area contributed by atoms with Gasteiger partial charge in [-0.2, -0.15) is 0 Å². The molecule has 3 unspecified atom stereocenters. The minimum Gasteiger partial charge on any atom is -0.481 e. The second kappa shape index (κ2) is 6.14. The summed E-state index contributed by atoms with van der Waals surface area (Å²) in [5.74, 6) is -2.05. The molecule has 0 aromatic heterocycles. The minimum atomic E-state index is -0.906. The molecule has 0 radical (unpaired) electrons. The van der Waals surface area contributed by atoms with E-state index >= 15 is 0 Å². The summed E-state index contributed by atoms with van der Waals surface area (Å²) in [7, 11) is 0. The van der Waals surface area contributed by atoms with E-state index in [1.165, 1.54) is 0 Å². The molecule has 2 N–H and O–H groups in total. The van der Waals surface area contributed by atoms with Crippen molar-refractivity contribution < 1.29 is 14.7 Å². The van der Waals surface area contributed by atoms with Gasteiger partial charge in [-0.3, -0.25) is 9.59 Å². The summed E-state index contributed by atoms with van der Waals surface area (Å²) in [6.45, 7) is 1.97. The first-order valence-electron chi connectivity index (χ1n) is 6.37. The molecule has 0 bridgehead atoms. The topological polar surface area (TPSA) is 66.4 Å². The highest BCUT2D eigenvalue weighted by molar-refractivity contribution is 9.10. The maximum atomic E-state index is 12.3. The lowest BCUT2D eigenvalue weighted by atomic mass is 9.95. The number of carbonyl (C=O) groups is 2. The molecule has 1 fully saturated rings. The number of aliphatic carboxylic acids is 1. The number of hydrogen-bond donors (Lipinski definition) is 2. The standard InChI is InChI=1S/C14H15BrClNO3/c1-7-4-9(10(5-7)14(19)20)13(18)17-12-3-2-8(15)6-11(12)16/h2-3,6-7,9-10H,4-5H2,1H3,(H,17,18)(H,19,20). The predicted octanol–water partition coefficient (Wildman–Crippen LogP) is 3.79. The fourth-order valence-corrected chi connectivity index (χ4v) is 3.39. The molecule has 1 saturated carbocycles. The Hall–Kier alpha value is -1.07. The molecule has 0 aliphatic heterocycles. The van der Waals surface area contributed by atoms with Crippen molar-refractivity contribution in [3.63, 3.8) is 0 Å². The van der Waals surface area contributed by atoms with E-state index in [2.05, 4.69) is 21.2 Å². The highest BCUT2D eigenvalue weighted by Gasteiger charge is 2.41. The Morgan fingerprint density at radius 2 is 2.00 bits per heavy atom. The lowest BCUT2D eigenvalue weighted by Crippen LogP contribution is -2.30. The van der Waals surface area contributed by atoms with Crippen LogP contribution in [0, 0.1) is 17.8 Å². The zero-order valence-corrected chi connectivity index (χ0v) is 13.2. The van der Waals surface area contributed by atoms with Crippen LogP contribution in [0.2, 0.25) is 5.02 Å². The van der Waals surface area contributed by atoms with Crippen LogP contribution in [0.15, 0.2) is 22.7 Å². The van der Waals surface area contributed by atoms with Crippen LogP contribution in [0.1, 0.15) is 19.8 Å². The second-order valence-electron chi connectivity index (χ2n) is 5.24. The molecule has 20 heavy (non-hydrogen) atoms. The zero-order valence-electron chi connectivity index (χ0n) is 10.9. The minimum absolute atomic E-state index is 0.243. The van der Waals surface area contributed by atoms with Crippen molar-refractivity contribution in [1.82, 2.24) is 0 Å². The van der Waals surface area contributed by atoms with Gasteiger partial charge in [0.05, 0.1) is 22.5 Å². The van der Waals surface area contributed by atoms with Gasteiger partial charge in [-0.15, -0.1) is 0 Å². The predicted molar refractivity (Wildman–Crippen MR) is 80.8 cm³/mol. The van der Waals surface area contributed by atoms with Crippen LogP contribution >= 0.6 is 27.5 Å². The van der Waals surface area contributed by atoms with Gasteiger partial charge in [0.15, 0.2) is 0 Å². The van der Waals surface area contributed by atoms with Gasteiger partial charge < -0.3 is 10.4 Å². The third-order valence-corrected chi connectivity index (χ3v) is 4.45. The molecule has 0 saturated heterocycles. The second-order valence-corrected chi connectivity index (χ2v) is 6.56. The van der Waals surface area contributed by atoms with Gasteiger partial charge in [0, 0.05) is 4.47 Å². The fourth-order valence-electron chi connectivity index (χ4n) is 2.67. The van der Waals surface area contributed by atoms with Crippen molar-refractivity contribution in [2.45, 2.75) is 19.8 Å². The molecule has 0 heterocycles. The number of rotatable bonds is 3. The Morgan fingerprint density at radius 3 is 2.60 bits per heavy atom. The summed E-state index contributed by atoms with van der Waals surface area (Å²) >= 11 is 9.34. The Balaban J connectivity index is 2.13. The first-order valence-corrected chi connectivity index (χ1v) is 7.54. The van der Waals surface area contributed by atoms with Gasteiger partial charge in [0.25, 0.3) is 0 Å². The van der Waals surface area contributed by atoms with E-state index in [-0.39, 0.29) is 11.8 Å². The fraction of sp³-hybridized carbons (Fsp3) is 0.429. The molecule has 0 spiro atoms. The first-order chi connectivity index (χ1) is 9.38. The summed E-state index contributed by atoms with van der Waals surface area (Å²) in [5.41, 5.74) is 0.503. The van der Waals surface area contributed by atoms with Gasteiger partial charge in [-0.05, 0) is 37.0 Å². The Kier molecular flexibility index (Phi) is 4.70. The number of carboxylic acids is 1. The maximum Gasteiger partial charge on any atom is 0.307 e. The van der Waals surface area contributed by atoms with Gasteiger partial charge in [0.2, 0.25) is 5.91 Å². The Morgan fingerprint density at radius 1 is 1.35 bits per heavy atom. The van der Waals surface area contributed by atoms with Crippen molar-refractivity contribution >= 4 is 45.1 Å². The van der Waals surface area contributed by atoms with Crippen LogP contribution in [0.25, 0.3) is 0 Å². The van der Waals surface area contributed by atoms with Gasteiger partial charge in [-0.1, -0.05) is 34.5 Å². The number of carboxylic acid groups (broad SMARTS) is 1. The summed E-state index contributed by atoms with van der Waals surface area (Å²) in [6, 6.07) is 5.15. The molecular formula is C14H15BrClNO3. The van der Waals surface area contributed by atoms with E-state index in [0.29, 0.717) is 23.6 Å².